The highest BCUT2D eigenvalue weighted by atomic mass is 32.2. The monoisotopic (exact) mass is 345 g/mol. The first kappa shape index (κ1) is 16.9. The van der Waals surface area contributed by atoms with Crippen LogP contribution in [0.15, 0.2) is 4.34 Å². The van der Waals surface area contributed by atoms with Crippen molar-refractivity contribution in [1.82, 2.24) is 14.8 Å². The van der Waals surface area contributed by atoms with Crippen LogP contribution in [-0.4, -0.2) is 68.6 Å². The Morgan fingerprint density at radius 1 is 1.32 bits per heavy atom. The summed E-state index contributed by atoms with van der Waals surface area (Å²) in [5.41, 5.74) is 1.02. The molecule has 2 N–H and O–H groups in total. The molecule has 1 aromatic heterocycles. The molecular formula is C13H19N3O4S2. The lowest BCUT2D eigenvalue weighted by atomic mass is 10.1. The first-order chi connectivity index (χ1) is 10.4. The molecule has 1 saturated heterocycles. The molecule has 1 aliphatic heterocycles. The number of carboxylic acid groups (broad SMARTS) is 2. The molecule has 1 fully saturated rings. The number of hydrogen-bond donors (Lipinski definition) is 2. The second kappa shape index (κ2) is 7.19. The van der Waals surface area contributed by atoms with Gasteiger partial charge in [0.25, 0.3) is 0 Å². The number of amides is 2. The molecule has 2 heterocycles. The van der Waals surface area contributed by atoms with Crippen LogP contribution in [0.4, 0.5) is 9.59 Å². The smallest absolute Gasteiger partial charge is 0.407 e. The van der Waals surface area contributed by atoms with Crippen LogP contribution < -0.4 is 0 Å². The Kier molecular flexibility index (Phi) is 5.52. The van der Waals surface area contributed by atoms with Crippen LogP contribution in [0.1, 0.15) is 17.0 Å². The molecule has 1 aromatic rings. The van der Waals surface area contributed by atoms with Gasteiger partial charge in [0.15, 0.2) is 0 Å². The number of thiazole rings is 1. The Bertz CT molecular complexity index is 544. The Balaban J connectivity index is 1.91. The molecule has 2 rings (SSSR count). The number of rotatable bonds is 4. The maximum Gasteiger partial charge on any atom is 0.407 e. The molecule has 0 spiro atoms. The summed E-state index contributed by atoms with van der Waals surface area (Å²) in [6.07, 6.45) is -1.37. The van der Waals surface area contributed by atoms with E-state index >= 15 is 0 Å². The average Bonchev–Trinajstić information content (AvgIpc) is 2.77. The van der Waals surface area contributed by atoms with Gasteiger partial charge in [0.1, 0.15) is 4.34 Å². The largest absolute Gasteiger partial charge is 0.465 e. The zero-order valence-electron chi connectivity index (χ0n) is 12.5. The fraction of sp³-hybridized carbons (Fsp3) is 0.615. The maximum atomic E-state index is 11.3. The second-order valence-corrected chi connectivity index (χ2v) is 7.66. The number of aryl methyl sites for hydroxylation is 2. The van der Waals surface area contributed by atoms with E-state index in [0.717, 1.165) is 10.0 Å². The zero-order chi connectivity index (χ0) is 16.3. The van der Waals surface area contributed by atoms with Crippen molar-refractivity contribution in [2.45, 2.75) is 30.6 Å². The zero-order valence-corrected chi connectivity index (χ0v) is 14.1. The van der Waals surface area contributed by atoms with Crippen molar-refractivity contribution in [2.24, 2.45) is 0 Å². The standard InChI is InChI=1S/C13H19N3O4S2/c1-8-9(2)22-11(14-8)21-6-3-10-7-15(12(17)18)4-5-16(10)13(19)20/h10H,3-7H2,1-2H3,(H,17,18)(H,19,20)/t10-/m1/s1. The molecule has 0 bridgehead atoms. The van der Waals surface area contributed by atoms with Crippen LogP contribution in [0, 0.1) is 13.8 Å². The Hall–Kier alpha value is -1.48. The molecule has 122 valence electrons. The lowest BCUT2D eigenvalue weighted by Gasteiger charge is -2.38. The van der Waals surface area contributed by atoms with E-state index < -0.39 is 12.2 Å². The van der Waals surface area contributed by atoms with Gasteiger partial charge in [-0.1, -0.05) is 11.8 Å². The Labute approximate surface area is 136 Å². The highest BCUT2D eigenvalue weighted by molar-refractivity contribution is 8.01. The lowest BCUT2D eigenvalue weighted by molar-refractivity contribution is 0.0630. The highest BCUT2D eigenvalue weighted by Crippen LogP contribution is 2.28. The van der Waals surface area contributed by atoms with Crippen LogP contribution in [0.25, 0.3) is 0 Å². The Morgan fingerprint density at radius 3 is 2.59 bits per heavy atom. The lowest BCUT2D eigenvalue weighted by Crippen LogP contribution is -2.56. The molecule has 0 aliphatic carbocycles. The quantitative estimate of drug-likeness (QED) is 0.815. The van der Waals surface area contributed by atoms with Crippen molar-refractivity contribution in [3.8, 4) is 0 Å². The summed E-state index contributed by atoms with van der Waals surface area (Å²) in [5, 5.41) is 18.3. The number of piperazine rings is 1. The Morgan fingerprint density at radius 2 is 2.05 bits per heavy atom. The minimum absolute atomic E-state index is 0.229. The molecule has 1 aliphatic rings. The van der Waals surface area contributed by atoms with Crippen molar-refractivity contribution in [3.63, 3.8) is 0 Å². The molecule has 0 aromatic carbocycles. The van der Waals surface area contributed by atoms with Gasteiger partial charge < -0.3 is 20.0 Å². The van der Waals surface area contributed by atoms with Crippen molar-refractivity contribution in [1.29, 1.82) is 0 Å². The normalized spacial score (nSPS) is 18.5. The minimum Gasteiger partial charge on any atom is -0.465 e. The van der Waals surface area contributed by atoms with Crippen LogP contribution in [0.2, 0.25) is 0 Å². The predicted octanol–water partition coefficient (Wildman–Crippen LogP) is 2.58. The number of carbonyl (C=O) groups is 2. The van der Waals surface area contributed by atoms with E-state index in [1.807, 2.05) is 13.8 Å². The molecule has 2 amide bonds. The van der Waals surface area contributed by atoms with Gasteiger partial charge in [0.05, 0.1) is 11.7 Å². The molecule has 0 saturated carbocycles. The first-order valence-corrected chi connectivity index (χ1v) is 8.73. The predicted molar refractivity (Wildman–Crippen MR) is 85.0 cm³/mol. The van der Waals surface area contributed by atoms with Gasteiger partial charge in [-0.25, -0.2) is 14.6 Å². The van der Waals surface area contributed by atoms with Crippen LogP contribution in [0.3, 0.4) is 0 Å². The summed E-state index contributed by atoms with van der Waals surface area (Å²) in [6.45, 7) is 4.68. The second-order valence-electron chi connectivity index (χ2n) is 5.12. The number of thioether (sulfide) groups is 1. The van der Waals surface area contributed by atoms with Gasteiger partial charge >= 0.3 is 12.2 Å². The third-order valence-electron chi connectivity index (χ3n) is 3.68. The molecular weight excluding hydrogens is 326 g/mol. The molecule has 7 nitrogen and oxygen atoms in total. The fourth-order valence-corrected chi connectivity index (χ4v) is 4.58. The summed E-state index contributed by atoms with van der Waals surface area (Å²) >= 11 is 3.23. The average molecular weight is 345 g/mol. The summed E-state index contributed by atoms with van der Waals surface area (Å²) in [5.74, 6) is 0.717. The molecule has 9 heteroatoms. The van der Waals surface area contributed by atoms with E-state index in [1.165, 1.54) is 14.7 Å². The van der Waals surface area contributed by atoms with Crippen LogP contribution >= 0.6 is 23.1 Å². The maximum absolute atomic E-state index is 11.3. The molecule has 0 radical (unpaired) electrons. The molecule has 0 unspecified atom stereocenters. The van der Waals surface area contributed by atoms with E-state index in [2.05, 4.69) is 4.98 Å². The van der Waals surface area contributed by atoms with E-state index in [9.17, 15) is 14.7 Å². The van der Waals surface area contributed by atoms with Crippen LogP contribution in [0.5, 0.6) is 0 Å². The van der Waals surface area contributed by atoms with E-state index in [4.69, 9.17) is 5.11 Å². The van der Waals surface area contributed by atoms with Crippen molar-refractivity contribution >= 4 is 35.3 Å². The third kappa shape index (κ3) is 4.04. The fourth-order valence-electron chi connectivity index (χ4n) is 2.32. The van der Waals surface area contributed by atoms with Gasteiger partial charge in [0, 0.05) is 30.3 Å². The highest BCUT2D eigenvalue weighted by Gasteiger charge is 2.32. The van der Waals surface area contributed by atoms with Crippen molar-refractivity contribution in [2.75, 3.05) is 25.4 Å². The minimum atomic E-state index is -0.992. The summed E-state index contributed by atoms with van der Waals surface area (Å²) in [6, 6.07) is -0.294. The number of hydrogen-bond acceptors (Lipinski definition) is 5. The SMILES string of the molecule is Cc1nc(SCC[C@@H]2CN(C(=O)O)CCN2C(=O)O)sc1C. The molecule has 1 atom stereocenters. The number of aromatic nitrogens is 1. The number of nitrogens with zero attached hydrogens (tertiary/aromatic N) is 3. The first-order valence-electron chi connectivity index (χ1n) is 6.92. The van der Waals surface area contributed by atoms with Gasteiger partial charge in [-0.3, -0.25) is 0 Å². The van der Waals surface area contributed by atoms with E-state index in [-0.39, 0.29) is 25.7 Å². The van der Waals surface area contributed by atoms with E-state index in [0.29, 0.717) is 12.2 Å². The topological polar surface area (TPSA) is 94.0 Å². The van der Waals surface area contributed by atoms with Gasteiger partial charge in [-0.2, -0.15) is 0 Å². The van der Waals surface area contributed by atoms with Crippen molar-refractivity contribution in [3.05, 3.63) is 10.6 Å². The van der Waals surface area contributed by atoms with Gasteiger partial charge in [0.2, 0.25) is 0 Å². The van der Waals surface area contributed by atoms with E-state index in [1.54, 1.807) is 23.1 Å². The van der Waals surface area contributed by atoms with Crippen molar-refractivity contribution < 1.29 is 19.8 Å². The summed E-state index contributed by atoms with van der Waals surface area (Å²) < 4.78 is 0.975. The molecule has 22 heavy (non-hydrogen) atoms. The van der Waals surface area contributed by atoms with Gasteiger partial charge in [-0.05, 0) is 20.3 Å². The summed E-state index contributed by atoms with van der Waals surface area (Å²) in [7, 11) is 0. The van der Waals surface area contributed by atoms with Gasteiger partial charge in [-0.15, -0.1) is 11.3 Å². The third-order valence-corrected chi connectivity index (χ3v) is 5.93. The summed E-state index contributed by atoms with van der Waals surface area (Å²) in [4.78, 5) is 30.6. The van der Waals surface area contributed by atoms with Crippen LogP contribution in [-0.2, 0) is 0 Å².